The van der Waals surface area contributed by atoms with E-state index in [-0.39, 0.29) is 5.78 Å². The monoisotopic (exact) mass is 268 g/mol. The van der Waals surface area contributed by atoms with Crippen molar-refractivity contribution in [3.05, 3.63) is 65.2 Å². The molecule has 104 valence electrons. The number of ketones is 1. The number of hydrogen-bond donors (Lipinski definition) is 0. The quantitative estimate of drug-likeness (QED) is 0.734. The number of Topliss-reactive ketones (excluding diaryl/α,β-unsaturated/α-hetero) is 1. The molecule has 0 fully saturated rings. The topological polar surface area (TPSA) is 26.3 Å². The van der Waals surface area contributed by atoms with Crippen molar-refractivity contribution >= 4 is 5.78 Å². The molecule has 0 unspecified atom stereocenters. The largest absolute Gasteiger partial charge is 0.494 e. The van der Waals surface area contributed by atoms with Crippen LogP contribution in [0.1, 0.15) is 34.8 Å². The molecule has 2 heteroatoms. The van der Waals surface area contributed by atoms with E-state index in [1.165, 1.54) is 5.56 Å². The average molecular weight is 268 g/mol. The number of ether oxygens (including phenoxy) is 1. The standard InChI is InChI=1S/C18H20O2/c1-3-12-20-17-10-6-15(7-11-17)13-18(19)16-8-4-14(2)5-9-16/h4-11H,3,12-13H2,1-2H3. The van der Waals surface area contributed by atoms with Crippen molar-refractivity contribution in [3.63, 3.8) is 0 Å². The Morgan fingerprint density at radius 2 is 1.65 bits per heavy atom. The van der Waals surface area contributed by atoms with Gasteiger partial charge in [-0.2, -0.15) is 0 Å². The molecule has 0 spiro atoms. The maximum absolute atomic E-state index is 12.2. The Kier molecular flexibility index (Phi) is 4.94. The molecule has 0 atom stereocenters. The van der Waals surface area contributed by atoms with E-state index < -0.39 is 0 Å². The van der Waals surface area contributed by atoms with Gasteiger partial charge in [-0.25, -0.2) is 0 Å². The number of aryl methyl sites for hydroxylation is 1. The Bertz CT molecular complexity index is 553. The lowest BCUT2D eigenvalue weighted by Gasteiger charge is -2.06. The van der Waals surface area contributed by atoms with Crippen molar-refractivity contribution in [2.24, 2.45) is 0 Å². The summed E-state index contributed by atoms with van der Waals surface area (Å²) in [7, 11) is 0. The summed E-state index contributed by atoms with van der Waals surface area (Å²) in [5.41, 5.74) is 2.94. The molecule has 0 aromatic heterocycles. The zero-order valence-corrected chi connectivity index (χ0v) is 12.1. The van der Waals surface area contributed by atoms with Gasteiger partial charge in [-0.15, -0.1) is 0 Å². The van der Waals surface area contributed by atoms with Crippen LogP contribution in [0.3, 0.4) is 0 Å². The van der Waals surface area contributed by atoms with E-state index in [4.69, 9.17) is 4.74 Å². The fourth-order valence-electron chi connectivity index (χ4n) is 1.95. The highest BCUT2D eigenvalue weighted by Gasteiger charge is 2.06. The maximum atomic E-state index is 12.2. The van der Waals surface area contributed by atoms with Crippen molar-refractivity contribution in [1.29, 1.82) is 0 Å². The van der Waals surface area contributed by atoms with E-state index in [9.17, 15) is 4.79 Å². The predicted octanol–water partition coefficient (Wildman–Crippen LogP) is 4.21. The van der Waals surface area contributed by atoms with Gasteiger partial charge in [-0.05, 0) is 31.0 Å². The smallest absolute Gasteiger partial charge is 0.167 e. The molecule has 0 aliphatic carbocycles. The van der Waals surface area contributed by atoms with E-state index in [1.807, 2.05) is 55.5 Å². The maximum Gasteiger partial charge on any atom is 0.167 e. The van der Waals surface area contributed by atoms with E-state index in [0.717, 1.165) is 29.9 Å². The third-order valence-corrected chi connectivity index (χ3v) is 3.13. The summed E-state index contributed by atoms with van der Waals surface area (Å²) in [6.45, 7) is 4.82. The highest BCUT2D eigenvalue weighted by molar-refractivity contribution is 5.97. The van der Waals surface area contributed by atoms with Gasteiger partial charge in [0.05, 0.1) is 6.61 Å². The first kappa shape index (κ1) is 14.3. The van der Waals surface area contributed by atoms with Gasteiger partial charge in [0.2, 0.25) is 0 Å². The second-order valence-electron chi connectivity index (χ2n) is 4.96. The number of benzene rings is 2. The SMILES string of the molecule is CCCOc1ccc(CC(=O)c2ccc(C)cc2)cc1. The number of hydrogen-bond acceptors (Lipinski definition) is 2. The summed E-state index contributed by atoms with van der Waals surface area (Å²) in [4.78, 5) is 12.2. The van der Waals surface area contributed by atoms with Crippen LogP contribution in [0.25, 0.3) is 0 Å². The molecule has 0 aliphatic rings. The molecule has 0 amide bonds. The Balaban J connectivity index is 1.99. The van der Waals surface area contributed by atoms with E-state index in [1.54, 1.807) is 0 Å². The van der Waals surface area contributed by atoms with Crippen LogP contribution in [-0.4, -0.2) is 12.4 Å². The van der Waals surface area contributed by atoms with E-state index in [0.29, 0.717) is 6.42 Å². The van der Waals surface area contributed by atoms with Crippen LogP contribution < -0.4 is 4.74 Å². The van der Waals surface area contributed by atoms with Gasteiger partial charge < -0.3 is 4.74 Å². The molecular weight excluding hydrogens is 248 g/mol. The lowest BCUT2D eigenvalue weighted by molar-refractivity contribution is 0.0993. The molecule has 0 N–H and O–H groups in total. The predicted molar refractivity (Wildman–Crippen MR) is 81.4 cm³/mol. The van der Waals surface area contributed by atoms with Gasteiger partial charge in [-0.1, -0.05) is 48.9 Å². The molecule has 2 aromatic rings. The van der Waals surface area contributed by atoms with Crippen molar-refractivity contribution in [1.82, 2.24) is 0 Å². The summed E-state index contributed by atoms with van der Waals surface area (Å²) < 4.78 is 5.53. The molecular formula is C18H20O2. The van der Waals surface area contributed by atoms with Gasteiger partial charge >= 0.3 is 0 Å². The summed E-state index contributed by atoms with van der Waals surface area (Å²) >= 11 is 0. The fraction of sp³-hybridized carbons (Fsp3) is 0.278. The minimum absolute atomic E-state index is 0.146. The second kappa shape index (κ2) is 6.90. The highest BCUT2D eigenvalue weighted by atomic mass is 16.5. The first-order valence-electron chi connectivity index (χ1n) is 7.00. The Morgan fingerprint density at radius 3 is 2.25 bits per heavy atom. The Morgan fingerprint density at radius 1 is 1.00 bits per heavy atom. The van der Waals surface area contributed by atoms with Crippen LogP contribution in [0, 0.1) is 6.92 Å². The van der Waals surface area contributed by atoms with Crippen molar-refractivity contribution in [2.45, 2.75) is 26.7 Å². The number of carbonyl (C=O) groups excluding carboxylic acids is 1. The molecule has 2 rings (SSSR count). The molecule has 0 bridgehead atoms. The zero-order chi connectivity index (χ0) is 14.4. The van der Waals surface area contributed by atoms with Crippen LogP contribution in [0.4, 0.5) is 0 Å². The third-order valence-electron chi connectivity index (χ3n) is 3.13. The molecule has 0 radical (unpaired) electrons. The van der Waals surface area contributed by atoms with Crippen LogP contribution in [0.2, 0.25) is 0 Å². The Hall–Kier alpha value is -2.09. The summed E-state index contributed by atoms with van der Waals surface area (Å²) in [6.07, 6.45) is 1.42. The Labute approximate surface area is 120 Å². The van der Waals surface area contributed by atoms with Crippen LogP contribution >= 0.6 is 0 Å². The molecule has 0 saturated carbocycles. The number of rotatable bonds is 6. The third kappa shape index (κ3) is 3.95. The van der Waals surface area contributed by atoms with Crippen molar-refractivity contribution < 1.29 is 9.53 Å². The molecule has 2 nitrogen and oxygen atoms in total. The molecule has 2 aromatic carbocycles. The summed E-state index contributed by atoms with van der Waals surface area (Å²) in [6, 6.07) is 15.5. The van der Waals surface area contributed by atoms with Crippen LogP contribution in [0.5, 0.6) is 5.75 Å². The van der Waals surface area contributed by atoms with Crippen LogP contribution in [-0.2, 0) is 6.42 Å². The van der Waals surface area contributed by atoms with Gasteiger partial charge in [0, 0.05) is 12.0 Å². The molecule has 0 aliphatic heterocycles. The normalized spacial score (nSPS) is 10.3. The van der Waals surface area contributed by atoms with E-state index in [2.05, 4.69) is 6.92 Å². The average Bonchev–Trinajstić information content (AvgIpc) is 2.47. The first-order chi connectivity index (χ1) is 9.69. The fourth-order valence-corrected chi connectivity index (χ4v) is 1.95. The second-order valence-corrected chi connectivity index (χ2v) is 4.96. The first-order valence-corrected chi connectivity index (χ1v) is 7.00. The minimum Gasteiger partial charge on any atom is -0.494 e. The van der Waals surface area contributed by atoms with Crippen molar-refractivity contribution in [2.75, 3.05) is 6.61 Å². The van der Waals surface area contributed by atoms with Crippen molar-refractivity contribution in [3.8, 4) is 5.75 Å². The lowest BCUT2D eigenvalue weighted by Crippen LogP contribution is -2.03. The molecule has 20 heavy (non-hydrogen) atoms. The summed E-state index contributed by atoms with van der Waals surface area (Å²) in [5.74, 6) is 1.01. The van der Waals surface area contributed by atoms with Gasteiger partial charge in [0.25, 0.3) is 0 Å². The zero-order valence-electron chi connectivity index (χ0n) is 12.1. The van der Waals surface area contributed by atoms with Crippen LogP contribution in [0.15, 0.2) is 48.5 Å². The lowest BCUT2D eigenvalue weighted by atomic mass is 10.0. The van der Waals surface area contributed by atoms with Gasteiger partial charge in [0.1, 0.15) is 5.75 Å². The number of carbonyl (C=O) groups is 1. The molecule has 0 saturated heterocycles. The van der Waals surface area contributed by atoms with Gasteiger partial charge in [0.15, 0.2) is 5.78 Å². The van der Waals surface area contributed by atoms with E-state index >= 15 is 0 Å². The molecule has 0 heterocycles. The van der Waals surface area contributed by atoms with Gasteiger partial charge in [-0.3, -0.25) is 4.79 Å². The summed E-state index contributed by atoms with van der Waals surface area (Å²) in [5, 5.41) is 0. The highest BCUT2D eigenvalue weighted by Crippen LogP contribution is 2.14. The minimum atomic E-state index is 0.146.